The van der Waals surface area contributed by atoms with Gasteiger partial charge in [0, 0.05) is 18.0 Å². The van der Waals surface area contributed by atoms with Gasteiger partial charge >= 0.3 is 5.97 Å². The van der Waals surface area contributed by atoms with Crippen molar-refractivity contribution in [3.8, 4) is 22.4 Å². The van der Waals surface area contributed by atoms with E-state index in [1.807, 2.05) is 97.1 Å². The van der Waals surface area contributed by atoms with E-state index in [1.165, 1.54) is 0 Å². The zero-order valence-electron chi connectivity index (χ0n) is 20.5. The molecule has 7 nitrogen and oxygen atoms in total. The van der Waals surface area contributed by atoms with Crippen LogP contribution in [-0.2, 0) is 11.2 Å². The summed E-state index contributed by atoms with van der Waals surface area (Å²) in [5, 5.41) is 31.4. The molecule has 1 heterocycles. The number of benzene rings is 4. The van der Waals surface area contributed by atoms with Gasteiger partial charge in [-0.05, 0) is 46.0 Å². The van der Waals surface area contributed by atoms with Gasteiger partial charge in [-0.25, -0.2) is 4.79 Å². The summed E-state index contributed by atoms with van der Waals surface area (Å²) in [6.45, 7) is 0. The Morgan fingerprint density at radius 3 is 2.18 bits per heavy atom. The van der Waals surface area contributed by atoms with Crippen molar-refractivity contribution in [1.29, 1.82) is 0 Å². The lowest BCUT2D eigenvalue weighted by atomic mass is 9.97. The molecular formula is C31H27N3O4. The van der Waals surface area contributed by atoms with Gasteiger partial charge in [0.1, 0.15) is 0 Å². The first kappa shape index (κ1) is 24.9. The van der Waals surface area contributed by atoms with Crippen molar-refractivity contribution in [3.05, 3.63) is 114 Å². The number of aliphatic carboxylic acids is 1. The van der Waals surface area contributed by atoms with E-state index in [0.717, 1.165) is 33.0 Å². The maximum Gasteiger partial charge on any atom is 0.332 e. The fraction of sp³-hybridized carbons (Fsp3) is 0.129. The first-order valence-electron chi connectivity index (χ1n) is 12.4. The third-order valence-electron chi connectivity index (χ3n) is 6.54. The standard InChI is InChI=1S/C31H27N3O4/c35-29(31(37)38)18-26(16-20-10-12-23(13-11-20)21-6-2-1-3-7-21)32-30(36)28-19-27(33-34-28)25-15-14-22-8-4-5-9-24(22)17-25/h1-15,17,19,26,29,35H,16,18H2,(H,32,36)(H,33,34)(H,37,38)/t26?,29-/m1/s1. The third-order valence-corrected chi connectivity index (χ3v) is 6.54. The van der Waals surface area contributed by atoms with Gasteiger partial charge in [-0.1, -0.05) is 91.0 Å². The number of amides is 1. The minimum absolute atomic E-state index is 0.135. The first-order valence-corrected chi connectivity index (χ1v) is 12.4. The smallest absolute Gasteiger partial charge is 0.332 e. The van der Waals surface area contributed by atoms with Crippen molar-refractivity contribution in [3.63, 3.8) is 0 Å². The Kier molecular flexibility index (Phi) is 7.28. The zero-order chi connectivity index (χ0) is 26.5. The van der Waals surface area contributed by atoms with Crippen LogP contribution in [0.15, 0.2) is 103 Å². The van der Waals surface area contributed by atoms with Crippen LogP contribution in [0, 0.1) is 0 Å². The molecule has 0 aliphatic heterocycles. The van der Waals surface area contributed by atoms with Gasteiger partial charge < -0.3 is 15.5 Å². The summed E-state index contributed by atoms with van der Waals surface area (Å²) in [6.07, 6.45) is -1.38. The molecule has 0 fully saturated rings. The fourth-order valence-electron chi connectivity index (χ4n) is 4.51. The van der Waals surface area contributed by atoms with Crippen LogP contribution in [0.25, 0.3) is 33.2 Å². The molecule has 2 atom stereocenters. The number of H-pyrrole nitrogens is 1. The predicted octanol–water partition coefficient (Wildman–Crippen LogP) is 5.07. The van der Waals surface area contributed by atoms with Crippen LogP contribution < -0.4 is 5.32 Å². The second-order valence-corrected chi connectivity index (χ2v) is 9.26. The number of nitrogens with one attached hydrogen (secondary N) is 2. The number of rotatable bonds is 9. The van der Waals surface area contributed by atoms with Gasteiger partial charge in [-0.2, -0.15) is 5.10 Å². The van der Waals surface area contributed by atoms with E-state index in [-0.39, 0.29) is 12.1 Å². The molecule has 1 unspecified atom stereocenters. The Morgan fingerprint density at radius 2 is 1.45 bits per heavy atom. The summed E-state index contributed by atoms with van der Waals surface area (Å²) in [5.74, 6) is -1.78. The van der Waals surface area contributed by atoms with E-state index < -0.39 is 24.0 Å². The van der Waals surface area contributed by atoms with Crippen LogP contribution in [0.3, 0.4) is 0 Å². The summed E-state index contributed by atoms with van der Waals surface area (Å²) >= 11 is 0. The molecule has 0 radical (unpaired) electrons. The minimum atomic E-state index is -1.60. The number of aromatic amines is 1. The van der Waals surface area contributed by atoms with E-state index in [2.05, 4.69) is 15.5 Å². The van der Waals surface area contributed by atoms with Crippen LogP contribution in [0.5, 0.6) is 0 Å². The molecule has 1 aromatic heterocycles. The zero-order valence-corrected chi connectivity index (χ0v) is 20.5. The first-order chi connectivity index (χ1) is 18.5. The Morgan fingerprint density at radius 1 is 0.789 bits per heavy atom. The van der Waals surface area contributed by atoms with Crippen LogP contribution in [0.2, 0.25) is 0 Å². The minimum Gasteiger partial charge on any atom is -0.479 e. The van der Waals surface area contributed by atoms with Crippen molar-refractivity contribution in [2.75, 3.05) is 0 Å². The maximum absolute atomic E-state index is 13.1. The van der Waals surface area contributed by atoms with Crippen LogP contribution >= 0.6 is 0 Å². The lowest BCUT2D eigenvalue weighted by Gasteiger charge is -2.20. The van der Waals surface area contributed by atoms with E-state index in [9.17, 15) is 19.8 Å². The highest BCUT2D eigenvalue weighted by Crippen LogP contribution is 2.24. The molecule has 4 N–H and O–H groups in total. The lowest BCUT2D eigenvalue weighted by molar-refractivity contribution is -0.147. The van der Waals surface area contributed by atoms with Gasteiger partial charge in [0.15, 0.2) is 11.8 Å². The molecule has 0 bridgehead atoms. The number of hydrogen-bond donors (Lipinski definition) is 4. The molecule has 0 saturated heterocycles. The SMILES string of the molecule is O=C(NC(Cc1ccc(-c2ccccc2)cc1)C[C@@H](O)C(=O)O)c1cc(-c2ccc3ccccc3c2)[nH]n1. The molecule has 4 aromatic carbocycles. The number of aliphatic hydroxyl groups excluding tert-OH is 1. The van der Waals surface area contributed by atoms with Crippen LogP contribution in [0.4, 0.5) is 0 Å². The van der Waals surface area contributed by atoms with Gasteiger partial charge in [-0.15, -0.1) is 0 Å². The van der Waals surface area contributed by atoms with Crippen LogP contribution in [0.1, 0.15) is 22.5 Å². The molecule has 5 aromatic rings. The molecule has 0 spiro atoms. The number of nitrogens with zero attached hydrogens (tertiary/aromatic N) is 1. The summed E-state index contributed by atoms with van der Waals surface area (Å²) in [7, 11) is 0. The third kappa shape index (κ3) is 5.79. The van der Waals surface area contributed by atoms with Crippen LogP contribution in [-0.4, -0.2) is 44.4 Å². The number of aliphatic hydroxyl groups is 1. The average molecular weight is 506 g/mol. The molecule has 0 aliphatic carbocycles. The normalized spacial score (nSPS) is 12.7. The molecule has 7 heteroatoms. The number of aromatic nitrogens is 2. The van der Waals surface area contributed by atoms with Crippen molar-refractivity contribution in [1.82, 2.24) is 15.5 Å². The lowest BCUT2D eigenvalue weighted by Crippen LogP contribution is -2.40. The predicted molar refractivity (Wildman–Crippen MR) is 147 cm³/mol. The monoisotopic (exact) mass is 505 g/mol. The second-order valence-electron chi connectivity index (χ2n) is 9.26. The van der Waals surface area contributed by atoms with E-state index >= 15 is 0 Å². The molecule has 5 rings (SSSR count). The summed E-state index contributed by atoms with van der Waals surface area (Å²) in [4.78, 5) is 24.4. The van der Waals surface area contributed by atoms with Gasteiger partial charge in [0.25, 0.3) is 5.91 Å². The van der Waals surface area contributed by atoms with Gasteiger partial charge in [0.05, 0.1) is 5.69 Å². The van der Waals surface area contributed by atoms with Crippen molar-refractivity contribution in [2.24, 2.45) is 0 Å². The topological polar surface area (TPSA) is 115 Å². The maximum atomic E-state index is 13.1. The molecule has 190 valence electrons. The van der Waals surface area contributed by atoms with Crippen molar-refractivity contribution >= 4 is 22.6 Å². The highest BCUT2D eigenvalue weighted by Gasteiger charge is 2.23. The quantitative estimate of drug-likeness (QED) is 0.223. The van der Waals surface area contributed by atoms with Crippen molar-refractivity contribution < 1.29 is 19.8 Å². The highest BCUT2D eigenvalue weighted by atomic mass is 16.4. The molecule has 1 amide bonds. The Balaban J connectivity index is 1.31. The summed E-state index contributed by atoms with van der Waals surface area (Å²) in [6, 6.07) is 32.9. The number of carbonyl (C=O) groups is 2. The van der Waals surface area contributed by atoms with Gasteiger partial charge in [-0.3, -0.25) is 9.89 Å². The molecule has 38 heavy (non-hydrogen) atoms. The number of carboxylic acids is 1. The van der Waals surface area contributed by atoms with E-state index in [0.29, 0.717) is 12.1 Å². The molecular weight excluding hydrogens is 478 g/mol. The number of fused-ring (bicyclic) bond motifs is 1. The Bertz CT molecular complexity index is 1560. The largest absolute Gasteiger partial charge is 0.479 e. The summed E-state index contributed by atoms with van der Waals surface area (Å²) < 4.78 is 0. The molecule has 0 aliphatic rings. The number of carbonyl (C=O) groups excluding carboxylic acids is 1. The fourth-order valence-corrected chi connectivity index (χ4v) is 4.51. The number of carboxylic acid groups (broad SMARTS) is 1. The Hall–Kier alpha value is -4.75. The van der Waals surface area contributed by atoms with E-state index in [1.54, 1.807) is 6.07 Å². The molecule has 0 saturated carbocycles. The van der Waals surface area contributed by atoms with Crippen molar-refractivity contribution in [2.45, 2.75) is 25.0 Å². The van der Waals surface area contributed by atoms with E-state index in [4.69, 9.17) is 0 Å². The second kappa shape index (κ2) is 11.1. The number of hydrogen-bond acceptors (Lipinski definition) is 4. The van der Waals surface area contributed by atoms with Gasteiger partial charge in [0.2, 0.25) is 0 Å². The highest BCUT2D eigenvalue weighted by molar-refractivity contribution is 5.94. The average Bonchev–Trinajstić information content (AvgIpc) is 3.44. The summed E-state index contributed by atoms with van der Waals surface area (Å²) in [5.41, 5.74) is 4.82. The Labute approximate surface area is 219 Å².